The summed E-state index contributed by atoms with van der Waals surface area (Å²) in [6, 6.07) is 0.148. The average Bonchev–Trinajstić information content (AvgIpc) is 2.85. The van der Waals surface area contributed by atoms with Gasteiger partial charge in [-0.25, -0.2) is 0 Å². The summed E-state index contributed by atoms with van der Waals surface area (Å²) >= 11 is 0. The summed E-state index contributed by atoms with van der Waals surface area (Å²) in [6.07, 6.45) is 13.9. The Labute approximate surface area is 137 Å². The Morgan fingerprint density at radius 1 is 1.23 bits per heavy atom. The van der Waals surface area contributed by atoms with Crippen LogP contribution < -0.4 is 5.73 Å². The summed E-state index contributed by atoms with van der Waals surface area (Å²) in [5.41, 5.74) is 7.01. The van der Waals surface area contributed by atoms with E-state index in [0.29, 0.717) is 17.3 Å². The van der Waals surface area contributed by atoms with Crippen LogP contribution in [0.15, 0.2) is 36.5 Å². The van der Waals surface area contributed by atoms with Crippen LogP contribution in [0.25, 0.3) is 0 Å². The van der Waals surface area contributed by atoms with Gasteiger partial charge in [0, 0.05) is 6.04 Å². The molecule has 1 rings (SSSR count). The van der Waals surface area contributed by atoms with Crippen LogP contribution in [-0.2, 0) is 0 Å². The van der Waals surface area contributed by atoms with Gasteiger partial charge in [-0.2, -0.15) is 0 Å². The maximum absolute atomic E-state index is 9.77. The van der Waals surface area contributed by atoms with Crippen LogP contribution in [0.1, 0.15) is 66.7 Å². The monoisotopic (exact) mass is 305 g/mol. The number of allylic oxidation sites excluding steroid dienone is 3. The molecule has 22 heavy (non-hydrogen) atoms. The predicted octanol–water partition coefficient (Wildman–Crippen LogP) is 4.75. The first-order valence-electron chi connectivity index (χ1n) is 8.44. The Balaban J connectivity index is 2.36. The Morgan fingerprint density at radius 3 is 2.27 bits per heavy atom. The van der Waals surface area contributed by atoms with E-state index >= 15 is 0 Å². The topological polar surface area (TPSA) is 46.2 Å². The maximum Gasteiger partial charge on any atom is 0.0628 e. The molecular weight excluding hydrogens is 270 g/mol. The van der Waals surface area contributed by atoms with Crippen LogP contribution in [0.2, 0.25) is 0 Å². The molecule has 126 valence electrons. The fourth-order valence-corrected chi connectivity index (χ4v) is 3.27. The summed E-state index contributed by atoms with van der Waals surface area (Å²) in [4.78, 5) is 0. The minimum Gasteiger partial charge on any atom is -0.390 e. The second kappa shape index (κ2) is 7.14. The molecule has 0 aromatic carbocycles. The summed E-state index contributed by atoms with van der Waals surface area (Å²) in [7, 11) is 0. The van der Waals surface area contributed by atoms with Crippen molar-refractivity contribution in [3.63, 3.8) is 0 Å². The molecule has 0 aromatic rings. The highest BCUT2D eigenvalue weighted by atomic mass is 16.3. The SMILES string of the molecule is C=C(C/C=C/CC1(C)CC1(C)C/C=C/C(C)N)CC(C)(C)O. The molecule has 0 amide bonds. The van der Waals surface area contributed by atoms with E-state index in [1.165, 1.54) is 6.42 Å². The fraction of sp³-hybridized carbons (Fsp3) is 0.700. The molecule has 2 heteroatoms. The Bertz CT molecular complexity index is 441. The Kier molecular flexibility index (Phi) is 6.23. The van der Waals surface area contributed by atoms with Gasteiger partial charge in [-0.15, -0.1) is 0 Å². The molecule has 3 unspecified atom stereocenters. The molecule has 0 spiro atoms. The van der Waals surface area contributed by atoms with Crippen molar-refractivity contribution in [1.82, 2.24) is 0 Å². The fourth-order valence-electron chi connectivity index (χ4n) is 3.27. The number of hydrogen-bond acceptors (Lipinski definition) is 2. The average molecular weight is 306 g/mol. The van der Waals surface area contributed by atoms with Crippen LogP contribution in [0, 0.1) is 10.8 Å². The van der Waals surface area contributed by atoms with Crippen molar-refractivity contribution in [1.29, 1.82) is 0 Å². The number of aliphatic hydroxyl groups is 1. The highest BCUT2D eigenvalue weighted by Gasteiger charge is 2.58. The van der Waals surface area contributed by atoms with Gasteiger partial charge in [0.1, 0.15) is 0 Å². The van der Waals surface area contributed by atoms with E-state index < -0.39 is 5.60 Å². The van der Waals surface area contributed by atoms with Crippen molar-refractivity contribution in [2.45, 2.75) is 78.4 Å². The molecule has 3 atom stereocenters. The normalized spacial score (nSPS) is 30.1. The zero-order valence-electron chi connectivity index (χ0n) is 15.2. The molecule has 0 aromatic heterocycles. The molecule has 0 aliphatic heterocycles. The Hall–Kier alpha value is -0.860. The van der Waals surface area contributed by atoms with Gasteiger partial charge in [0.15, 0.2) is 0 Å². The lowest BCUT2D eigenvalue weighted by molar-refractivity contribution is 0.0806. The standard InChI is InChI=1S/C20H35NO/c1-16(14-18(3,4)22)10-7-8-12-19(5)15-20(19,6)13-9-11-17(2)21/h7-9,11,17,22H,1,10,12-15,21H2,2-6H3/b8-7+,11-9+. The van der Waals surface area contributed by atoms with E-state index in [4.69, 9.17) is 5.73 Å². The largest absolute Gasteiger partial charge is 0.390 e. The minimum absolute atomic E-state index is 0.148. The second-order valence-corrected chi connectivity index (χ2v) is 8.41. The van der Waals surface area contributed by atoms with Gasteiger partial charge in [0.25, 0.3) is 0 Å². The van der Waals surface area contributed by atoms with E-state index in [1.807, 2.05) is 20.8 Å². The first kappa shape index (κ1) is 19.2. The van der Waals surface area contributed by atoms with Gasteiger partial charge >= 0.3 is 0 Å². The Morgan fingerprint density at radius 2 is 1.77 bits per heavy atom. The number of nitrogens with two attached hydrogens (primary N) is 1. The van der Waals surface area contributed by atoms with E-state index in [0.717, 1.165) is 24.8 Å². The molecule has 0 saturated heterocycles. The highest BCUT2D eigenvalue weighted by Crippen LogP contribution is 2.67. The van der Waals surface area contributed by atoms with Gasteiger partial charge in [0.05, 0.1) is 5.60 Å². The van der Waals surface area contributed by atoms with Crippen molar-refractivity contribution >= 4 is 0 Å². The van der Waals surface area contributed by atoms with Gasteiger partial charge < -0.3 is 10.8 Å². The van der Waals surface area contributed by atoms with Crippen LogP contribution in [0.3, 0.4) is 0 Å². The number of rotatable bonds is 9. The van der Waals surface area contributed by atoms with Gasteiger partial charge in [-0.1, -0.05) is 50.3 Å². The van der Waals surface area contributed by atoms with E-state index in [-0.39, 0.29) is 6.04 Å². The third kappa shape index (κ3) is 6.10. The quantitative estimate of drug-likeness (QED) is 0.604. The van der Waals surface area contributed by atoms with Gasteiger partial charge in [0.2, 0.25) is 0 Å². The summed E-state index contributed by atoms with van der Waals surface area (Å²) in [6.45, 7) is 14.5. The third-order valence-electron chi connectivity index (χ3n) is 4.94. The predicted molar refractivity (Wildman–Crippen MR) is 96.7 cm³/mol. The molecule has 1 aliphatic rings. The van der Waals surface area contributed by atoms with E-state index in [9.17, 15) is 5.11 Å². The molecular formula is C20H35NO. The van der Waals surface area contributed by atoms with E-state index in [2.05, 4.69) is 44.7 Å². The third-order valence-corrected chi connectivity index (χ3v) is 4.94. The van der Waals surface area contributed by atoms with Crippen molar-refractivity contribution in [3.05, 3.63) is 36.5 Å². The first-order valence-corrected chi connectivity index (χ1v) is 8.44. The lowest BCUT2D eigenvalue weighted by Crippen LogP contribution is -2.18. The minimum atomic E-state index is -0.654. The van der Waals surface area contributed by atoms with Crippen LogP contribution >= 0.6 is 0 Å². The zero-order valence-corrected chi connectivity index (χ0v) is 15.2. The van der Waals surface area contributed by atoms with Crippen LogP contribution in [-0.4, -0.2) is 16.7 Å². The van der Waals surface area contributed by atoms with Crippen molar-refractivity contribution in [2.75, 3.05) is 0 Å². The van der Waals surface area contributed by atoms with Crippen LogP contribution in [0.5, 0.6) is 0 Å². The lowest BCUT2D eigenvalue weighted by atomic mass is 9.89. The van der Waals surface area contributed by atoms with Gasteiger partial charge in [-0.05, 0) is 63.7 Å². The molecule has 2 nitrogen and oxygen atoms in total. The molecule has 1 fully saturated rings. The maximum atomic E-state index is 9.77. The first-order chi connectivity index (χ1) is 9.97. The molecule has 1 aliphatic carbocycles. The molecule has 1 saturated carbocycles. The zero-order chi connectivity index (χ0) is 17.0. The summed E-state index contributed by atoms with van der Waals surface area (Å²) in [5, 5.41) is 9.77. The van der Waals surface area contributed by atoms with Gasteiger partial charge in [-0.3, -0.25) is 0 Å². The van der Waals surface area contributed by atoms with Crippen molar-refractivity contribution in [2.24, 2.45) is 16.6 Å². The molecule has 0 bridgehead atoms. The summed E-state index contributed by atoms with van der Waals surface area (Å²) < 4.78 is 0. The smallest absolute Gasteiger partial charge is 0.0628 e. The second-order valence-electron chi connectivity index (χ2n) is 8.41. The highest BCUT2D eigenvalue weighted by molar-refractivity contribution is 5.15. The van der Waals surface area contributed by atoms with E-state index in [1.54, 1.807) is 0 Å². The number of hydrogen-bond donors (Lipinski definition) is 2. The van der Waals surface area contributed by atoms with Crippen LogP contribution in [0.4, 0.5) is 0 Å². The van der Waals surface area contributed by atoms with Crippen molar-refractivity contribution < 1.29 is 5.11 Å². The van der Waals surface area contributed by atoms with Crippen molar-refractivity contribution in [3.8, 4) is 0 Å². The summed E-state index contributed by atoms with van der Waals surface area (Å²) in [5.74, 6) is 0. The molecule has 0 heterocycles. The molecule has 0 radical (unpaired) electrons. The molecule has 3 N–H and O–H groups in total. The lowest BCUT2D eigenvalue weighted by Gasteiger charge is -2.18.